The number of thiazole rings is 1. The van der Waals surface area contributed by atoms with Crippen LogP contribution in [0.5, 0.6) is 0 Å². The van der Waals surface area contributed by atoms with Crippen LogP contribution < -0.4 is 5.32 Å². The molecule has 0 aliphatic carbocycles. The molecule has 0 saturated heterocycles. The predicted molar refractivity (Wildman–Crippen MR) is 102 cm³/mol. The SMILES string of the molecule is CNC(C)c1nc(-c2ccc(S(=O)(=O)Cc3ccccc3)cc2)cs1. The Labute approximate surface area is 152 Å². The van der Waals surface area contributed by atoms with Crippen LogP contribution in [-0.4, -0.2) is 20.4 Å². The van der Waals surface area contributed by atoms with Crippen LogP contribution in [0.15, 0.2) is 64.9 Å². The molecule has 1 heterocycles. The molecule has 3 rings (SSSR count). The molecule has 6 heteroatoms. The quantitative estimate of drug-likeness (QED) is 0.709. The van der Waals surface area contributed by atoms with Gasteiger partial charge in [-0.25, -0.2) is 13.4 Å². The number of rotatable bonds is 6. The average Bonchev–Trinajstić information content (AvgIpc) is 3.12. The second-order valence-corrected chi connectivity index (χ2v) is 8.73. The molecule has 2 aromatic carbocycles. The molecule has 130 valence electrons. The van der Waals surface area contributed by atoms with Crippen molar-refractivity contribution in [2.24, 2.45) is 0 Å². The molecule has 0 spiro atoms. The van der Waals surface area contributed by atoms with Crippen molar-refractivity contribution in [3.05, 3.63) is 70.5 Å². The minimum atomic E-state index is -3.35. The third-order valence-electron chi connectivity index (χ3n) is 4.03. The summed E-state index contributed by atoms with van der Waals surface area (Å²) in [4.78, 5) is 4.95. The molecule has 0 fully saturated rings. The van der Waals surface area contributed by atoms with E-state index < -0.39 is 9.84 Å². The van der Waals surface area contributed by atoms with E-state index >= 15 is 0 Å². The highest BCUT2D eigenvalue weighted by Crippen LogP contribution is 2.27. The number of benzene rings is 2. The van der Waals surface area contributed by atoms with Crippen molar-refractivity contribution in [2.45, 2.75) is 23.6 Å². The number of sulfone groups is 1. The monoisotopic (exact) mass is 372 g/mol. The van der Waals surface area contributed by atoms with E-state index in [1.807, 2.05) is 54.9 Å². The first-order valence-corrected chi connectivity index (χ1v) is 10.5. The fraction of sp³-hybridized carbons (Fsp3) is 0.211. The summed E-state index contributed by atoms with van der Waals surface area (Å²) in [6, 6.07) is 16.4. The van der Waals surface area contributed by atoms with Gasteiger partial charge < -0.3 is 5.32 Å². The van der Waals surface area contributed by atoms with Crippen LogP contribution in [0.2, 0.25) is 0 Å². The topological polar surface area (TPSA) is 59.1 Å². The zero-order chi connectivity index (χ0) is 17.9. The van der Waals surface area contributed by atoms with Gasteiger partial charge in [-0.15, -0.1) is 11.3 Å². The lowest BCUT2D eigenvalue weighted by atomic mass is 10.2. The first-order valence-electron chi connectivity index (χ1n) is 7.99. The number of hydrogen-bond donors (Lipinski definition) is 1. The largest absolute Gasteiger partial charge is 0.311 e. The van der Waals surface area contributed by atoms with Gasteiger partial charge in [0.1, 0.15) is 5.01 Å². The second kappa shape index (κ2) is 7.47. The van der Waals surface area contributed by atoms with E-state index in [4.69, 9.17) is 0 Å². The summed E-state index contributed by atoms with van der Waals surface area (Å²) < 4.78 is 25.1. The molecule has 0 aliphatic rings. The standard InChI is InChI=1S/C19H20N2O2S2/c1-14(20-2)19-21-18(12-24-19)16-8-10-17(11-9-16)25(22,23)13-15-6-4-3-5-7-15/h3-12,14,20H,13H2,1-2H3. The Bertz CT molecular complexity index is 933. The van der Waals surface area contributed by atoms with Crippen LogP contribution in [0.4, 0.5) is 0 Å². The van der Waals surface area contributed by atoms with E-state index in [1.165, 1.54) is 0 Å². The summed E-state index contributed by atoms with van der Waals surface area (Å²) in [6.07, 6.45) is 0. The average molecular weight is 373 g/mol. The van der Waals surface area contributed by atoms with E-state index in [2.05, 4.69) is 17.2 Å². The Hall–Kier alpha value is -2.02. The molecule has 0 amide bonds. The Kier molecular flexibility index (Phi) is 5.32. The lowest BCUT2D eigenvalue weighted by Gasteiger charge is -2.06. The van der Waals surface area contributed by atoms with Crippen LogP contribution in [0.25, 0.3) is 11.3 Å². The molecule has 25 heavy (non-hydrogen) atoms. The van der Waals surface area contributed by atoms with Gasteiger partial charge >= 0.3 is 0 Å². The number of aromatic nitrogens is 1. The normalized spacial score (nSPS) is 12.9. The molecule has 0 bridgehead atoms. The summed E-state index contributed by atoms with van der Waals surface area (Å²) in [5.41, 5.74) is 2.58. The van der Waals surface area contributed by atoms with Gasteiger partial charge in [-0.3, -0.25) is 0 Å². The Morgan fingerprint density at radius 3 is 2.40 bits per heavy atom. The van der Waals surface area contributed by atoms with Crippen molar-refractivity contribution in [1.29, 1.82) is 0 Å². The maximum atomic E-state index is 12.6. The molecular weight excluding hydrogens is 352 g/mol. The van der Waals surface area contributed by atoms with Crippen molar-refractivity contribution in [1.82, 2.24) is 10.3 Å². The number of nitrogens with zero attached hydrogens (tertiary/aromatic N) is 1. The first kappa shape index (κ1) is 17.8. The molecule has 4 nitrogen and oxygen atoms in total. The Morgan fingerprint density at radius 1 is 1.08 bits per heavy atom. The Morgan fingerprint density at radius 2 is 1.76 bits per heavy atom. The first-order chi connectivity index (χ1) is 12.0. The molecular formula is C19H20N2O2S2. The summed E-state index contributed by atoms with van der Waals surface area (Å²) in [5, 5.41) is 6.18. The lowest BCUT2D eigenvalue weighted by Crippen LogP contribution is -2.11. The van der Waals surface area contributed by atoms with Gasteiger partial charge in [-0.2, -0.15) is 0 Å². The molecule has 1 unspecified atom stereocenters. The van der Waals surface area contributed by atoms with Crippen molar-refractivity contribution in [3.63, 3.8) is 0 Å². The fourth-order valence-electron chi connectivity index (χ4n) is 2.45. The number of nitrogens with one attached hydrogen (secondary N) is 1. The summed E-state index contributed by atoms with van der Waals surface area (Å²) in [6.45, 7) is 2.06. The zero-order valence-electron chi connectivity index (χ0n) is 14.1. The maximum absolute atomic E-state index is 12.6. The molecule has 1 aromatic heterocycles. The van der Waals surface area contributed by atoms with Crippen molar-refractivity contribution < 1.29 is 8.42 Å². The molecule has 0 saturated carbocycles. The van der Waals surface area contributed by atoms with E-state index in [1.54, 1.807) is 23.5 Å². The van der Waals surface area contributed by atoms with Crippen LogP contribution in [-0.2, 0) is 15.6 Å². The van der Waals surface area contributed by atoms with E-state index in [0.717, 1.165) is 21.8 Å². The van der Waals surface area contributed by atoms with Gasteiger partial charge in [0.2, 0.25) is 0 Å². The maximum Gasteiger partial charge on any atom is 0.182 e. The Balaban J connectivity index is 1.81. The van der Waals surface area contributed by atoms with Crippen molar-refractivity contribution >= 4 is 21.2 Å². The van der Waals surface area contributed by atoms with Crippen molar-refractivity contribution in [2.75, 3.05) is 7.05 Å². The van der Waals surface area contributed by atoms with E-state index in [9.17, 15) is 8.42 Å². The van der Waals surface area contributed by atoms with Gasteiger partial charge in [0.15, 0.2) is 9.84 Å². The van der Waals surface area contributed by atoms with Gasteiger partial charge in [0.05, 0.1) is 22.4 Å². The summed E-state index contributed by atoms with van der Waals surface area (Å²) in [7, 11) is -1.45. The van der Waals surface area contributed by atoms with Gasteiger partial charge in [-0.1, -0.05) is 42.5 Å². The highest BCUT2D eigenvalue weighted by atomic mass is 32.2. The third kappa shape index (κ3) is 4.15. The third-order valence-corrected chi connectivity index (χ3v) is 6.77. The molecule has 1 atom stereocenters. The van der Waals surface area contributed by atoms with Gasteiger partial charge in [-0.05, 0) is 31.7 Å². The molecule has 3 aromatic rings. The zero-order valence-corrected chi connectivity index (χ0v) is 15.8. The van der Waals surface area contributed by atoms with Gasteiger partial charge in [0.25, 0.3) is 0 Å². The van der Waals surface area contributed by atoms with Crippen LogP contribution in [0, 0.1) is 0 Å². The summed E-state index contributed by atoms with van der Waals surface area (Å²) in [5.74, 6) is 0.00766. The highest BCUT2D eigenvalue weighted by molar-refractivity contribution is 7.90. The smallest absolute Gasteiger partial charge is 0.182 e. The fourth-order valence-corrected chi connectivity index (χ4v) is 4.70. The highest BCUT2D eigenvalue weighted by Gasteiger charge is 2.16. The van der Waals surface area contributed by atoms with Crippen LogP contribution >= 0.6 is 11.3 Å². The molecule has 0 aliphatic heterocycles. The van der Waals surface area contributed by atoms with Gasteiger partial charge in [0, 0.05) is 10.9 Å². The lowest BCUT2D eigenvalue weighted by molar-refractivity contribution is 0.595. The van der Waals surface area contributed by atoms with Crippen LogP contribution in [0.3, 0.4) is 0 Å². The van der Waals surface area contributed by atoms with E-state index in [0.29, 0.717) is 4.90 Å². The second-order valence-electron chi connectivity index (χ2n) is 5.85. The summed E-state index contributed by atoms with van der Waals surface area (Å²) >= 11 is 1.60. The minimum absolute atomic E-state index is 0.00766. The number of hydrogen-bond acceptors (Lipinski definition) is 5. The minimum Gasteiger partial charge on any atom is -0.311 e. The van der Waals surface area contributed by atoms with Crippen molar-refractivity contribution in [3.8, 4) is 11.3 Å². The molecule has 0 radical (unpaired) electrons. The predicted octanol–water partition coefficient (Wildman–Crippen LogP) is 4.06. The molecule has 1 N–H and O–H groups in total. The van der Waals surface area contributed by atoms with Crippen LogP contribution in [0.1, 0.15) is 23.5 Å². The van der Waals surface area contributed by atoms with E-state index in [-0.39, 0.29) is 11.8 Å².